The Morgan fingerprint density at radius 2 is 0.951 bits per heavy atom. The molecule has 0 spiro atoms. The lowest BCUT2D eigenvalue weighted by atomic mass is 9.75. The number of rotatable bonds is 6. The summed E-state index contributed by atoms with van der Waals surface area (Å²) in [6, 6.07) is 72.8. The zero-order valence-electron chi connectivity index (χ0n) is 33.1. The van der Waals surface area contributed by atoms with Crippen molar-refractivity contribution in [3.63, 3.8) is 0 Å². The molecular formula is C57H37NS3. The van der Waals surface area contributed by atoms with E-state index in [0.29, 0.717) is 5.92 Å². The third kappa shape index (κ3) is 5.78. The second-order valence-electron chi connectivity index (χ2n) is 16.4. The van der Waals surface area contributed by atoms with Crippen LogP contribution in [0.5, 0.6) is 0 Å². The standard InChI is InChI=1S/C57H37NS3/c1-2-10-35(11-3-1)30-39-31-38-19-18-37(32-48(38)56-43(39)26-27-47-44-12-4-9-17-53(44)61-57(47)56)36-20-22-40(23-21-36)58(41-24-28-54-49(33-41)45-13-5-7-15-51(45)59-54)42-25-29-55-50(34-42)46-14-6-8-16-52(46)60-55/h1-29,32-34,39H,30-31H2. The number of hydrogen-bond acceptors (Lipinski definition) is 4. The maximum absolute atomic E-state index is 2.48. The lowest BCUT2D eigenvalue weighted by molar-refractivity contribution is 0.674. The van der Waals surface area contributed by atoms with Gasteiger partial charge in [-0.2, -0.15) is 0 Å². The molecule has 0 aliphatic heterocycles. The molecule has 12 aromatic rings. The molecule has 0 saturated heterocycles. The molecule has 0 N–H and O–H groups in total. The minimum atomic E-state index is 0.424. The van der Waals surface area contributed by atoms with E-state index in [2.05, 4.69) is 199 Å². The molecule has 0 radical (unpaired) electrons. The van der Waals surface area contributed by atoms with E-state index in [0.717, 1.165) is 29.9 Å². The number of anilines is 3. The lowest BCUT2D eigenvalue weighted by Gasteiger charge is -2.29. The summed E-state index contributed by atoms with van der Waals surface area (Å²) >= 11 is 5.69. The molecule has 4 heteroatoms. The first kappa shape index (κ1) is 35.2. The molecule has 61 heavy (non-hydrogen) atoms. The minimum Gasteiger partial charge on any atom is -0.310 e. The molecule has 9 aromatic carbocycles. The highest BCUT2D eigenvalue weighted by Crippen LogP contribution is 2.50. The summed E-state index contributed by atoms with van der Waals surface area (Å²) in [6.45, 7) is 0. The van der Waals surface area contributed by atoms with Crippen molar-refractivity contribution in [3.05, 3.63) is 211 Å². The van der Waals surface area contributed by atoms with Crippen molar-refractivity contribution in [2.75, 3.05) is 4.90 Å². The summed E-state index contributed by atoms with van der Waals surface area (Å²) in [5.74, 6) is 0.424. The van der Waals surface area contributed by atoms with Gasteiger partial charge in [0.25, 0.3) is 0 Å². The zero-order valence-corrected chi connectivity index (χ0v) is 35.6. The van der Waals surface area contributed by atoms with E-state index >= 15 is 0 Å². The molecule has 1 nitrogen and oxygen atoms in total. The van der Waals surface area contributed by atoms with Gasteiger partial charge in [-0.25, -0.2) is 0 Å². The molecule has 3 heterocycles. The SMILES string of the molecule is c1ccc(CC2Cc3ccc(-c4ccc(N(c5ccc6sc7ccccc7c6c5)c5ccc6sc7ccccc7c6c5)cc4)cc3-c3c2ccc2c3sc3ccccc32)cc1. The Kier molecular flexibility index (Phi) is 8.09. The molecule has 1 atom stereocenters. The summed E-state index contributed by atoms with van der Waals surface area (Å²) < 4.78 is 8.03. The van der Waals surface area contributed by atoms with Crippen LogP contribution >= 0.6 is 34.0 Å². The van der Waals surface area contributed by atoms with Gasteiger partial charge in [-0.1, -0.05) is 121 Å². The summed E-state index contributed by atoms with van der Waals surface area (Å²) in [5, 5.41) is 7.94. The first-order valence-corrected chi connectivity index (χ1v) is 23.5. The van der Waals surface area contributed by atoms with Crippen molar-refractivity contribution in [1.82, 2.24) is 0 Å². The first-order chi connectivity index (χ1) is 30.2. The summed E-state index contributed by atoms with van der Waals surface area (Å²) in [6.07, 6.45) is 2.07. The van der Waals surface area contributed by atoms with Gasteiger partial charge in [-0.05, 0) is 125 Å². The number of benzene rings is 9. The van der Waals surface area contributed by atoms with Crippen molar-refractivity contribution in [2.45, 2.75) is 18.8 Å². The van der Waals surface area contributed by atoms with E-state index in [-0.39, 0.29) is 0 Å². The fourth-order valence-electron chi connectivity index (χ4n) is 10.0. The number of hydrogen-bond donors (Lipinski definition) is 0. The van der Waals surface area contributed by atoms with Crippen LogP contribution in [-0.2, 0) is 12.8 Å². The molecule has 0 amide bonds. The Morgan fingerprint density at radius 3 is 1.61 bits per heavy atom. The number of nitrogens with zero attached hydrogens (tertiary/aromatic N) is 1. The van der Waals surface area contributed by atoms with E-state index in [1.54, 1.807) is 0 Å². The second-order valence-corrected chi connectivity index (χ2v) is 19.6. The van der Waals surface area contributed by atoms with Gasteiger partial charge in [0, 0.05) is 83.1 Å². The highest BCUT2D eigenvalue weighted by atomic mass is 32.1. The Bertz CT molecular complexity index is 3550. The summed E-state index contributed by atoms with van der Waals surface area (Å²) in [7, 11) is 0. The van der Waals surface area contributed by atoms with Crippen LogP contribution in [0.3, 0.4) is 0 Å². The molecule has 3 aromatic heterocycles. The van der Waals surface area contributed by atoms with Crippen LogP contribution in [-0.4, -0.2) is 0 Å². The van der Waals surface area contributed by atoms with Gasteiger partial charge in [0.15, 0.2) is 0 Å². The molecular weight excluding hydrogens is 795 g/mol. The van der Waals surface area contributed by atoms with E-state index < -0.39 is 0 Å². The minimum absolute atomic E-state index is 0.424. The van der Waals surface area contributed by atoms with Crippen molar-refractivity contribution in [1.29, 1.82) is 0 Å². The van der Waals surface area contributed by atoms with Gasteiger partial charge in [-0.3, -0.25) is 0 Å². The first-order valence-electron chi connectivity index (χ1n) is 21.0. The highest BCUT2D eigenvalue weighted by Gasteiger charge is 2.28. The predicted octanol–water partition coefficient (Wildman–Crippen LogP) is 17.5. The Morgan fingerprint density at radius 1 is 0.410 bits per heavy atom. The van der Waals surface area contributed by atoms with Gasteiger partial charge >= 0.3 is 0 Å². The van der Waals surface area contributed by atoms with Gasteiger partial charge in [0.05, 0.1) is 0 Å². The fraction of sp³-hybridized carbons (Fsp3) is 0.0526. The third-order valence-corrected chi connectivity index (χ3v) is 16.4. The Balaban J connectivity index is 0.936. The molecule has 0 fully saturated rings. The molecule has 0 bridgehead atoms. The lowest BCUT2D eigenvalue weighted by Crippen LogP contribution is -2.14. The highest BCUT2D eigenvalue weighted by molar-refractivity contribution is 7.26. The molecule has 288 valence electrons. The fourth-order valence-corrected chi connectivity index (χ4v) is 13.4. The Hall–Kier alpha value is -6.56. The molecule has 1 aliphatic carbocycles. The smallest absolute Gasteiger partial charge is 0.0468 e. The molecule has 1 unspecified atom stereocenters. The van der Waals surface area contributed by atoms with Crippen LogP contribution in [0.15, 0.2) is 194 Å². The van der Waals surface area contributed by atoms with Gasteiger partial charge in [0.2, 0.25) is 0 Å². The monoisotopic (exact) mass is 831 g/mol. The maximum Gasteiger partial charge on any atom is 0.0468 e. The molecule has 0 saturated carbocycles. The summed E-state index contributed by atoms with van der Waals surface area (Å²) in [4.78, 5) is 2.44. The average molecular weight is 832 g/mol. The molecule has 13 rings (SSSR count). The number of fused-ring (bicyclic) bond motifs is 13. The largest absolute Gasteiger partial charge is 0.310 e. The van der Waals surface area contributed by atoms with Gasteiger partial charge < -0.3 is 4.90 Å². The average Bonchev–Trinajstić information content (AvgIpc) is 4.01. The van der Waals surface area contributed by atoms with Crippen LogP contribution in [0.1, 0.15) is 22.6 Å². The van der Waals surface area contributed by atoms with Crippen LogP contribution in [0, 0.1) is 0 Å². The van der Waals surface area contributed by atoms with Crippen molar-refractivity contribution >= 4 is 112 Å². The van der Waals surface area contributed by atoms with Crippen LogP contribution in [0.4, 0.5) is 17.1 Å². The molecule has 1 aliphatic rings. The van der Waals surface area contributed by atoms with E-state index in [4.69, 9.17) is 0 Å². The van der Waals surface area contributed by atoms with Gasteiger partial charge in [0.1, 0.15) is 0 Å². The predicted molar refractivity (Wildman–Crippen MR) is 267 cm³/mol. The zero-order chi connectivity index (χ0) is 40.0. The van der Waals surface area contributed by atoms with E-state index in [1.807, 2.05) is 34.0 Å². The topological polar surface area (TPSA) is 3.24 Å². The van der Waals surface area contributed by atoms with Gasteiger partial charge in [-0.15, -0.1) is 34.0 Å². The Labute approximate surface area is 366 Å². The quantitative estimate of drug-likeness (QED) is 0.161. The van der Waals surface area contributed by atoms with Crippen molar-refractivity contribution in [3.8, 4) is 22.3 Å². The maximum atomic E-state index is 2.48. The van der Waals surface area contributed by atoms with Crippen LogP contribution in [0.25, 0.3) is 82.8 Å². The van der Waals surface area contributed by atoms with Crippen molar-refractivity contribution in [2.24, 2.45) is 0 Å². The number of thiophene rings is 3. The second kappa shape index (κ2) is 14.0. The third-order valence-electron chi connectivity index (χ3n) is 12.9. The van der Waals surface area contributed by atoms with Crippen LogP contribution in [0.2, 0.25) is 0 Å². The van der Waals surface area contributed by atoms with E-state index in [9.17, 15) is 0 Å². The van der Waals surface area contributed by atoms with Crippen molar-refractivity contribution < 1.29 is 0 Å². The normalized spacial score (nSPS) is 13.7. The summed E-state index contributed by atoms with van der Waals surface area (Å²) in [5.41, 5.74) is 13.1. The van der Waals surface area contributed by atoms with Crippen LogP contribution < -0.4 is 4.90 Å². The van der Waals surface area contributed by atoms with E-state index in [1.165, 1.54) is 99.5 Å².